The number of anilines is 1. The first-order valence-corrected chi connectivity index (χ1v) is 6.95. The first-order valence-electron chi connectivity index (χ1n) is 5.37. The van der Waals surface area contributed by atoms with Crippen molar-refractivity contribution in [2.75, 3.05) is 5.32 Å². The number of aromatic nitrogens is 1. The number of pyridine rings is 1. The minimum absolute atomic E-state index is 0.346. The van der Waals surface area contributed by atoms with Gasteiger partial charge in [0.15, 0.2) is 0 Å². The molecule has 0 fully saturated rings. The Hall–Kier alpha value is -1.27. The summed E-state index contributed by atoms with van der Waals surface area (Å²) in [6.45, 7) is 1.83. The van der Waals surface area contributed by atoms with Crippen LogP contribution in [0.3, 0.4) is 0 Å². The first kappa shape index (κ1) is 14.1. The Morgan fingerprint density at radius 1 is 1.21 bits per heavy atom. The van der Waals surface area contributed by atoms with Crippen molar-refractivity contribution in [3.63, 3.8) is 0 Å². The summed E-state index contributed by atoms with van der Waals surface area (Å²) in [6.07, 6.45) is 0. The van der Waals surface area contributed by atoms with E-state index in [2.05, 4.69) is 42.2 Å². The standard InChI is InChI=1S/C13H9Br2FN2O/c1-7-10(14)4-5-12(17-7)18-13(19)9-3-2-8(16)6-11(9)15/h2-6H,1H3,(H,17,18,19). The molecule has 0 atom stereocenters. The van der Waals surface area contributed by atoms with Gasteiger partial charge < -0.3 is 5.32 Å². The van der Waals surface area contributed by atoms with Gasteiger partial charge in [0, 0.05) is 8.95 Å². The zero-order valence-corrected chi connectivity index (χ0v) is 13.0. The van der Waals surface area contributed by atoms with Crippen LogP contribution in [0.2, 0.25) is 0 Å². The fourth-order valence-electron chi connectivity index (χ4n) is 1.47. The van der Waals surface area contributed by atoms with Crippen LogP contribution in [0.5, 0.6) is 0 Å². The van der Waals surface area contributed by atoms with Crippen molar-refractivity contribution >= 4 is 43.6 Å². The SMILES string of the molecule is Cc1nc(NC(=O)c2ccc(F)cc2Br)ccc1Br. The number of carbonyl (C=O) groups excluding carboxylic acids is 1. The van der Waals surface area contributed by atoms with E-state index in [4.69, 9.17) is 0 Å². The fraction of sp³-hybridized carbons (Fsp3) is 0.0769. The predicted molar refractivity (Wildman–Crippen MR) is 78.7 cm³/mol. The Morgan fingerprint density at radius 2 is 1.95 bits per heavy atom. The number of nitrogens with one attached hydrogen (secondary N) is 1. The van der Waals surface area contributed by atoms with Gasteiger partial charge >= 0.3 is 0 Å². The van der Waals surface area contributed by atoms with E-state index in [-0.39, 0.29) is 5.91 Å². The maximum Gasteiger partial charge on any atom is 0.257 e. The topological polar surface area (TPSA) is 42.0 Å². The smallest absolute Gasteiger partial charge is 0.257 e. The molecule has 1 aromatic heterocycles. The van der Waals surface area contributed by atoms with Crippen molar-refractivity contribution in [3.05, 3.63) is 56.4 Å². The van der Waals surface area contributed by atoms with Crippen LogP contribution in [0.1, 0.15) is 16.1 Å². The summed E-state index contributed by atoms with van der Waals surface area (Å²) in [5, 5.41) is 2.66. The van der Waals surface area contributed by atoms with E-state index in [9.17, 15) is 9.18 Å². The maximum absolute atomic E-state index is 13.0. The normalized spacial score (nSPS) is 10.3. The number of carbonyl (C=O) groups is 1. The zero-order valence-electron chi connectivity index (χ0n) is 9.88. The van der Waals surface area contributed by atoms with Gasteiger partial charge in [0.05, 0.1) is 11.3 Å². The van der Waals surface area contributed by atoms with E-state index < -0.39 is 5.82 Å². The quantitative estimate of drug-likeness (QED) is 0.834. The third-order valence-electron chi connectivity index (χ3n) is 2.44. The van der Waals surface area contributed by atoms with Crippen molar-refractivity contribution in [1.82, 2.24) is 4.98 Å². The molecule has 0 radical (unpaired) electrons. The number of aryl methyl sites for hydroxylation is 1. The Bertz CT molecular complexity index is 647. The lowest BCUT2D eigenvalue weighted by molar-refractivity contribution is 0.102. The minimum atomic E-state index is -0.402. The first-order chi connectivity index (χ1) is 8.97. The second-order valence-corrected chi connectivity index (χ2v) is 5.55. The molecule has 98 valence electrons. The molecule has 2 aromatic rings. The highest BCUT2D eigenvalue weighted by atomic mass is 79.9. The molecule has 6 heteroatoms. The summed E-state index contributed by atoms with van der Waals surface area (Å²) in [6, 6.07) is 7.39. The number of hydrogen-bond acceptors (Lipinski definition) is 2. The Morgan fingerprint density at radius 3 is 2.58 bits per heavy atom. The number of benzene rings is 1. The van der Waals surface area contributed by atoms with E-state index >= 15 is 0 Å². The number of hydrogen-bond donors (Lipinski definition) is 1. The third kappa shape index (κ3) is 3.39. The van der Waals surface area contributed by atoms with E-state index in [0.29, 0.717) is 15.9 Å². The van der Waals surface area contributed by atoms with Crippen LogP contribution in [0.4, 0.5) is 10.2 Å². The second kappa shape index (κ2) is 5.79. The molecule has 0 aliphatic rings. The van der Waals surface area contributed by atoms with Crippen molar-refractivity contribution < 1.29 is 9.18 Å². The molecule has 19 heavy (non-hydrogen) atoms. The van der Waals surface area contributed by atoms with Crippen LogP contribution in [0.25, 0.3) is 0 Å². The molecule has 0 saturated carbocycles. The molecule has 2 rings (SSSR count). The summed E-state index contributed by atoms with van der Waals surface area (Å²) in [7, 11) is 0. The molecular formula is C13H9Br2FN2O. The molecule has 1 aromatic carbocycles. The van der Waals surface area contributed by atoms with Crippen LogP contribution in [0, 0.1) is 12.7 Å². The summed E-state index contributed by atoms with van der Waals surface area (Å²) in [4.78, 5) is 16.2. The van der Waals surface area contributed by atoms with Gasteiger partial charge in [-0.2, -0.15) is 0 Å². The summed E-state index contributed by atoms with van der Waals surface area (Å²) in [5.74, 6) is -0.302. The molecule has 1 N–H and O–H groups in total. The largest absolute Gasteiger partial charge is 0.307 e. The molecule has 0 spiro atoms. The van der Waals surface area contributed by atoms with Crippen LogP contribution >= 0.6 is 31.9 Å². The highest BCUT2D eigenvalue weighted by Gasteiger charge is 2.12. The number of rotatable bonds is 2. The summed E-state index contributed by atoms with van der Waals surface area (Å²) >= 11 is 6.49. The summed E-state index contributed by atoms with van der Waals surface area (Å²) < 4.78 is 14.2. The monoisotopic (exact) mass is 386 g/mol. The second-order valence-electron chi connectivity index (χ2n) is 3.84. The molecule has 0 aliphatic heterocycles. The van der Waals surface area contributed by atoms with Gasteiger partial charge in [-0.05, 0) is 69.1 Å². The average molecular weight is 388 g/mol. The molecule has 0 aliphatic carbocycles. The van der Waals surface area contributed by atoms with Gasteiger partial charge in [-0.1, -0.05) is 0 Å². The van der Waals surface area contributed by atoms with E-state index in [1.807, 2.05) is 6.92 Å². The predicted octanol–water partition coefficient (Wildman–Crippen LogP) is 4.31. The van der Waals surface area contributed by atoms with Crippen molar-refractivity contribution in [1.29, 1.82) is 0 Å². The number of nitrogens with zero attached hydrogens (tertiary/aromatic N) is 1. The molecule has 0 saturated heterocycles. The molecule has 1 amide bonds. The molecule has 0 bridgehead atoms. The van der Waals surface area contributed by atoms with Crippen molar-refractivity contribution in [2.24, 2.45) is 0 Å². The van der Waals surface area contributed by atoms with Gasteiger partial charge in [0.1, 0.15) is 11.6 Å². The Labute approximate surface area is 126 Å². The fourth-order valence-corrected chi connectivity index (χ4v) is 2.22. The molecule has 3 nitrogen and oxygen atoms in total. The maximum atomic E-state index is 13.0. The molecule has 0 unspecified atom stereocenters. The molecular weight excluding hydrogens is 379 g/mol. The third-order valence-corrected chi connectivity index (χ3v) is 3.93. The lowest BCUT2D eigenvalue weighted by atomic mass is 10.2. The van der Waals surface area contributed by atoms with Crippen LogP contribution in [0.15, 0.2) is 39.3 Å². The number of halogens is 3. The van der Waals surface area contributed by atoms with Gasteiger partial charge in [-0.25, -0.2) is 9.37 Å². The highest BCUT2D eigenvalue weighted by Crippen LogP contribution is 2.20. The number of amides is 1. The van der Waals surface area contributed by atoms with Crippen molar-refractivity contribution in [3.8, 4) is 0 Å². The van der Waals surface area contributed by atoms with E-state index in [0.717, 1.165) is 10.2 Å². The lowest BCUT2D eigenvalue weighted by Crippen LogP contribution is -2.14. The van der Waals surface area contributed by atoms with Crippen LogP contribution in [-0.2, 0) is 0 Å². The zero-order chi connectivity index (χ0) is 14.0. The van der Waals surface area contributed by atoms with Gasteiger partial charge in [-0.15, -0.1) is 0 Å². The molecule has 1 heterocycles. The van der Waals surface area contributed by atoms with E-state index in [1.165, 1.54) is 18.2 Å². The van der Waals surface area contributed by atoms with Crippen LogP contribution < -0.4 is 5.32 Å². The van der Waals surface area contributed by atoms with Gasteiger partial charge in [0.25, 0.3) is 5.91 Å². The van der Waals surface area contributed by atoms with Crippen molar-refractivity contribution in [2.45, 2.75) is 6.92 Å². The van der Waals surface area contributed by atoms with Gasteiger partial charge in [0.2, 0.25) is 0 Å². The Kier molecular flexibility index (Phi) is 4.31. The summed E-state index contributed by atoms with van der Waals surface area (Å²) in [5.41, 5.74) is 1.12. The van der Waals surface area contributed by atoms with Gasteiger partial charge in [-0.3, -0.25) is 4.79 Å². The minimum Gasteiger partial charge on any atom is -0.307 e. The van der Waals surface area contributed by atoms with E-state index in [1.54, 1.807) is 12.1 Å². The average Bonchev–Trinajstić information content (AvgIpc) is 2.33. The lowest BCUT2D eigenvalue weighted by Gasteiger charge is -2.07. The van der Waals surface area contributed by atoms with Crippen LogP contribution in [-0.4, -0.2) is 10.9 Å². The Balaban J connectivity index is 2.23. The highest BCUT2D eigenvalue weighted by molar-refractivity contribution is 9.10.